The van der Waals surface area contributed by atoms with Gasteiger partial charge in [0.15, 0.2) is 11.6 Å². The van der Waals surface area contributed by atoms with Crippen LogP contribution in [0.3, 0.4) is 0 Å². The number of ketones is 1. The summed E-state index contributed by atoms with van der Waals surface area (Å²) in [6, 6.07) is 15.1. The third kappa shape index (κ3) is 4.51. The van der Waals surface area contributed by atoms with Crippen LogP contribution in [0.5, 0.6) is 0 Å². The summed E-state index contributed by atoms with van der Waals surface area (Å²) >= 11 is 1.64. The van der Waals surface area contributed by atoms with Crippen molar-refractivity contribution in [1.29, 1.82) is 0 Å². The molecule has 3 aromatic rings. The molecule has 0 aliphatic carbocycles. The van der Waals surface area contributed by atoms with E-state index in [1.807, 2.05) is 35.7 Å². The first-order valence-electron chi connectivity index (χ1n) is 9.64. The number of hydrogen-bond donors (Lipinski definition) is 1. The molecule has 7 heteroatoms. The highest BCUT2D eigenvalue weighted by atomic mass is 32.1. The number of hydrogen-bond acceptors (Lipinski definition) is 6. The molecule has 1 fully saturated rings. The van der Waals surface area contributed by atoms with Gasteiger partial charge in [0, 0.05) is 30.3 Å². The second-order valence-electron chi connectivity index (χ2n) is 7.14. The van der Waals surface area contributed by atoms with Crippen LogP contribution in [-0.4, -0.2) is 35.0 Å². The number of piperidine rings is 1. The van der Waals surface area contributed by atoms with E-state index in [-0.39, 0.29) is 17.6 Å². The molecule has 148 valence electrons. The van der Waals surface area contributed by atoms with Crippen molar-refractivity contribution in [3.63, 3.8) is 0 Å². The smallest absolute Gasteiger partial charge is 0.227 e. The van der Waals surface area contributed by atoms with Gasteiger partial charge in [-0.1, -0.05) is 18.2 Å². The lowest BCUT2D eigenvalue weighted by atomic mass is 9.95. The number of Topliss-reactive ketones (excluding diaryl/α,β-unsaturated/α-hetero) is 1. The summed E-state index contributed by atoms with van der Waals surface area (Å²) in [7, 11) is 0. The minimum Gasteiger partial charge on any atom is -0.355 e. The predicted molar refractivity (Wildman–Crippen MR) is 115 cm³/mol. The Labute approximate surface area is 173 Å². The summed E-state index contributed by atoms with van der Waals surface area (Å²) in [6.45, 7) is 3.05. The lowest BCUT2D eigenvalue weighted by Gasteiger charge is -2.31. The fourth-order valence-electron chi connectivity index (χ4n) is 3.48. The molecule has 2 aromatic heterocycles. The summed E-state index contributed by atoms with van der Waals surface area (Å²) in [5, 5.41) is 13.7. The maximum atomic E-state index is 12.6. The van der Waals surface area contributed by atoms with E-state index in [1.165, 1.54) is 6.92 Å². The number of nitrogens with zero attached hydrogens (tertiary/aromatic N) is 3. The molecule has 4 rings (SSSR count). The Morgan fingerprint density at radius 1 is 1.07 bits per heavy atom. The second-order valence-corrected chi connectivity index (χ2v) is 8.09. The summed E-state index contributed by atoms with van der Waals surface area (Å²) in [5.74, 6) is 0.786. The monoisotopic (exact) mass is 406 g/mol. The van der Waals surface area contributed by atoms with Crippen LogP contribution in [0.15, 0.2) is 53.9 Å². The van der Waals surface area contributed by atoms with Crippen molar-refractivity contribution in [1.82, 2.24) is 10.2 Å². The first-order valence-corrected chi connectivity index (χ1v) is 10.5. The van der Waals surface area contributed by atoms with Crippen LogP contribution in [-0.2, 0) is 4.79 Å². The Hall–Kier alpha value is -3.06. The van der Waals surface area contributed by atoms with Gasteiger partial charge in [0.05, 0.1) is 4.88 Å². The van der Waals surface area contributed by atoms with Gasteiger partial charge in [-0.15, -0.1) is 21.5 Å². The average Bonchev–Trinajstić information content (AvgIpc) is 3.29. The molecule has 0 saturated carbocycles. The lowest BCUT2D eigenvalue weighted by Crippen LogP contribution is -2.38. The fourth-order valence-corrected chi connectivity index (χ4v) is 4.17. The fraction of sp³-hybridized carbons (Fsp3) is 0.273. The highest BCUT2D eigenvalue weighted by molar-refractivity contribution is 7.13. The number of nitrogens with one attached hydrogen (secondary N) is 1. The molecule has 1 N–H and O–H groups in total. The molecule has 0 radical (unpaired) electrons. The van der Waals surface area contributed by atoms with Crippen molar-refractivity contribution in [3.8, 4) is 10.6 Å². The predicted octanol–water partition coefficient (Wildman–Crippen LogP) is 4.26. The van der Waals surface area contributed by atoms with Gasteiger partial charge in [-0.05, 0) is 55.5 Å². The van der Waals surface area contributed by atoms with E-state index in [1.54, 1.807) is 29.5 Å². The molecule has 3 heterocycles. The van der Waals surface area contributed by atoms with Crippen LogP contribution < -0.4 is 10.2 Å². The molecule has 0 bridgehead atoms. The maximum Gasteiger partial charge on any atom is 0.227 e. The van der Waals surface area contributed by atoms with Gasteiger partial charge in [-0.3, -0.25) is 9.59 Å². The van der Waals surface area contributed by atoms with Gasteiger partial charge in [0.25, 0.3) is 0 Å². The number of carbonyl (C=O) groups excluding carboxylic acids is 2. The number of thiophene rings is 1. The first kappa shape index (κ1) is 19.3. The zero-order valence-electron chi connectivity index (χ0n) is 16.2. The van der Waals surface area contributed by atoms with Gasteiger partial charge in [0.2, 0.25) is 5.91 Å². The van der Waals surface area contributed by atoms with Crippen molar-refractivity contribution in [2.24, 2.45) is 5.92 Å². The largest absolute Gasteiger partial charge is 0.355 e. The molecular weight excluding hydrogens is 384 g/mol. The Balaban J connectivity index is 1.33. The topological polar surface area (TPSA) is 75.2 Å². The summed E-state index contributed by atoms with van der Waals surface area (Å²) in [5.41, 5.74) is 2.15. The van der Waals surface area contributed by atoms with Crippen molar-refractivity contribution < 1.29 is 9.59 Å². The molecule has 1 amide bonds. The van der Waals surface area contributed by atoms with Crippen LogP contribution in [0.1, 0.15) is 30.1 Å². The molecule has 0 atom stereocenters. The molecule has 29 heavy (non-hydrogen) atoms. The van der Waals surface area contributed by atoms with E-state index in [9.17, 15) is 9.59 Å². The highest BCUT2D eigenvalue weighted by Crippen LogP contribution is 2.26. The zero-order chi connectivity index (χ0) is 20.2. The minimum absolute atomic E-state index is 0.00415. The normalized spacial score (nSPS) is 14.6. The number of anilines is 2. The second kappa shape index (κ2) is 8.53. The maximum absolute atomic E-state index is 12.6. The van der Waals surface area contributed by atoms with Crippen LogP contribution in [0.4, 0.5) is 11.5 Å². The van der Waals surface area contributed by atoms with E-state index in [0.717, 1.165) is 42.3 Å². The van der Waals surface area contributed by atoms with Gasteiger partial charge in [-0.25, -0.2) is 0 Å². The van der Waals surface area contributed by atoms with Crippen molar-refractivity contribution in [2.45, 2.75) is 19.8 Å². The van der Waals surface area contributed by atoms with Crippen molar-refractivity contribution in [3.05, 3.63) is 59.5 Å². The zero-order valence-corrected chi connectivity index (χ0v) is 17.0. The molecular formula is C22H22N4O2S. The number of aromatic nitrogens is 2. The van der Waals surface area contributed by atoms with E-state index >= 15 is 0 Å². The quantitative estimate of drug-likeness (QED) is 0.641. The molecule has 0 spiro atoms. The minimum atomic E-state index is -0.0504. The van der Waals surface area contributed by atoms with E-state index in [0.29, 0.717) is 11.3 Å². The van der Waals surface area contributed by atoms with E-state index < -0.39 is 0 Å². The van der Waals surface area contributed by atoms with Gasteiger partial charge >= 0.3 is 0 Å². The number of rotatable bonds is 5. The van der Waals surface area contributed by atoms with Crippen LogP contribution in [0, 0.1) is 5.92 Å². The lowest BCUT2D eigenvalue weighted by molar-refractivity contribution is -0.120. The molecule has 1 aliphatic heterocycles. The third-order valence-electron chi connectivity index (χ3n) is 5.15. The van der Waals surface area contributed by atoms with Crippen molar-refractivity contribution in [2.75, 3.05) is 23.3 Å². The Morgan fingerprint density at radius 2 is 1.90 bits per heavy atom. The van der Waals surface area contributed by atoms with Crippen LogP contribution in [0.25, 0.3) is 10.6 Å². The average molecular weight is 407 g/mol. The number of benzene rings is 1. The van der Waals surface area contributed by atoms with Crippen molar-refractivity contribution >= 4 is 34.5 Å². The SMILES string of the molecule is CC(=O)c1cccc(NC(=O)C2CCN(c3ccc(-c4cccs4)nn3)CC2)c1. The summed E-state index contributed by atoms with van der Waals surface area (Å²) in [6.07, 6.45) is 1.51. The molecule has 1 aliphatic rings. The molecule has 1 aromatic carbocycles. The Bertz CT molecular complexity index is 994. The highest BCUT2D eigenvalue weighted by Gasteiger charge is 2.26. The number of carbonyl (C=O) groups is 2. The van der Waals surface area contributed by atoms with E-state index in [2.05, 4.69) is 20.4 Å². The van der Waals surface area contributed by atoms with E-state index in [4.69, 9.17) is 0 Å². The number of amides is 1. The van der Waals surface area contributed by atoms with Gasteiger partial charge < -0.3 is 10.2 Å². The Kier molecular flexibility index (Phi) is 5.67. The molecule has 0 unspecified atom stereocenters. The first-order chi connectivity index (χ1) is 14.1. The summed E-state index contributed by atoms with van der Waals surface area (Å²) in [4.78, 5) is 27.4. The summed E-state index contributed by atoms with van der Waals surface area (Å²) < 4.78 is 0. The molecule has 1 saturated heterocycles. The molecule has 6 nitrogen and oxygen atoms in total. The van der Waals surface area contributed by atoms with Crippen LogP contribution >= 0.6 is 11.3 Å². The van der Waals surface area contributed by atoms with Crippen LogP contribution in [0.2, 0.25) is 0 Å². The standard InChI is InChI=1S/C22H22N4O2S/c1-15(27)17-4-2-5-18(14-17)23-22(28)16-9-11-26(12-10-16)21-8-7-19(24-25-21)20-6-3-13-29-20/h2-8,13-14,16H,9-12H2,1H3,(H,23,28). The Morgan fingerprint density at radius 3 is 2.55 bits per heavy atom. The third-order valence-corrected chi connectivity index (χ3v) is 6.04. The van der Waals surface area contributed by atoms with Gasteiger partial charge in [0.1, 0.15) is 5.69 Å². The van der Waals surface area contributed by atoms with Gasteiger partial charge in [-0.2, -0.15) is 0 Å².